The van der Waals surface area contributed by atoms with E-state index < -0.39 is 0 Å². The van der Waals surface area contributed by atoms with Gasteiger partial charge in [0.15, 0.2) is 5.85 Å². The highest BCUT2D eigenvalue weighted by atomic mass is 16.6. The van der Waals surface area contributed by atoms with Gasteiger partial charge in [-0.25, -0.2) is 5.32 Å². The molecule has 0 aromatic heterocycles. The molecule has 0 aromatic carbocycles. The van der Waals surface area contributed by atoms with E-state index in [2.05, 4.69) is 22.5 Å². The summed E-state index contributed by atoms with van der Waals surface area (Å²) < 4.78 is 5.98. The van der Waals surface area contributed by atoms with Crippen LogP contribution in [0.4, 0.5) is 0 Å². The van der Waals surface area contributed by atoms with E-state index in [9.17, 15) is 0 Å². The third kappa shape index (κ3) is 1.87. The summed E-state index contributed by atoms with van der Waals surface area (Å²) in [5.74, 6) is -0.385. The minimum Gasteiger partial charge on any atom is -0.325 e. The van der Waals surface area contributed by atoms with Crippen molar-refractivity contribution >= 4 is 0 Å². The van der Waals surface area contributed by atoms with Crippen LogP contribution in [0.25, 0.3) is 0 Å². The van der Waals surface area contributed by atoms with Crippen LogP contribution in [0.2, 0.25) is 0 Å². The van der Waals surface area contributed by atoms with Crippen LogP contribution in [0.5, 0.6) is 0 Å². The van der Waals surface area contributed by atoms with E-state index in [1.165, 1.54) is 32.4 Å². The van der Waals surface area contributed by atoms with Crippen molar-refractivity contribution in [2.24, 2.45) is 5.73 Å². The lowest BCUT2D eigenvalue weighted by Crippen LogP contribution is -2.88. The zero-order valence-electron chi connectivity index (χ0n) is 9.96. The fraction of sp³-hybridized carbons (Fsp3) is 1.00. The standard InChI is InChI=1S/C11H22N4O/c1-10-7-9(12)13-11(14-10,16-10)8-15-5-3-2-4-6-15/h9,13-14H,2-8,12H2,1H3. The van der Waals surface area contributed by atoms with Gasteiger partial charge in [-0.2, -0.15) is 0 Å². The van der Waals surface area contributed by atoms with Gasteiger partial charge in [0, 0.05) is 6.42 Å². The summed E-state index contributed by atoms with van der Waals surface area (Å²) in [5, 5.41) is 6.83. The molecule has 16 heavy (non-hydrogen) atoms. The second kappa shape index (κ2) is 3.65. The number of fused-ring (bicyclic) bond motifs is 2. The maximum Gasteiger partial charge on any atom is 0.193 e. The first kappa shape index (κ1) is 10.9. The average Bonchev–Trinajstić information content (AvgIpc) is 2.14. The van der Waals surface area contributed by atoms with Crippen LogP contribution in [0.3, 0.4) is 0 Å². The molecule has 0 saturated carbocycles. The average molecular weight is 226 g/mol. The first-order chi connectivity index (χ1) is 7.59. The van der Waals surface area contributed by atoms with E-state index in [4.69, 9.17) is 10.5 Å². The Morgan fingerprint density at radius 3 is 2.69 bits per heavy atom. The van der Waals surface area contributed by atoms with Gasteiger partial charge in [-0.3, -0.25) is 10.2 Å². The van der Waals surface area contributed by atoms with Crippen molar-refractivity contribution in [1.29, 1.82) is 0 Å². The van der Waals surface area contributed by atoms with Crippen LogP contribution in [-0.2, 0) is 4.74 Å². The molecule has 5 heteroatoms. The molecule has 92 valence electrons. The number of likely N-dealkylation sites (tertiary alicyclic amines) is 1. The van der Waals surface area contributed by atoms with E-state index in [-0.39, 0.29) is 17.7 Å². The maximum absolute atomic E-state index is 5.98. The van der Waals surface area contributed by atoms with Crippen molar-refractivity contribution in [2.45, 2.75) is 50.3 Å². The van der Waals surface area contributed by atoms with Crippen LogP contribution in [0.15, 0.2) is 0 Å². The Bertz CT molecular complexity index is 266. The van der Waals surface area contributed by atoms with Gasteiger partial charge in [0.05, 0.1) is 12.7 Å². The molecule has 2 bridgehead atoms. The van der Waals surface area contributed by atoms with E-state index >= 15 is 0 Å². The Balaban J connectivity index is 1.62. The largest absolute Gasteiger partial charge is 0.325 e. The summed E-state index contributed by atoms with van der Waals surface area (Å²) in [4.78, 5) is 2.46. The van der Waals surface area contributed by atoms with Crippen molar-refractivity contribution in [3.05, 3.63) is 0 Å². The zero-order chi connectivity index (χ0) is 11.2. The van der Waals surface area contributed by atoms with Gasteiger partial charge in [0.1, 0.15) is 5.72 Å². The fourth-order valence-corrected chi connectivity index (χ4v) is 3.29. The minimum absolute atomic E-state index is 0.0461. The van der Waals surface area contributed by atoms with Crippen LogP contribution >= 0.6 is 0 Å². The SMILES string of the molecule is CC12CC(N)NC(CN3CCCCC3)(N1)O2. The Morgan fingerprint density at radius 1 is 1.38 bits per heavy atom. The van der Waals surface area contributed by atoms with E-state index in [1.54, 1.807) is 0 Å². The van der Waals surface area contributed by atoms with Gasteiger partial charge in [-0.15, -0.1) is 0 Å². The summed E-state index contributed by atoms with van der Waals surface area (Å²) in [5.41, 5.74) is 5.77. The van der Waals surface area contributed by atoms with Crippen LogP contribution in [0, 0.1) is 0 Å². The molecule has 0 aromatic rings. The normalized spacial score (nSPS) is 48.8. The molecule has 4 rings (SSSR count). The molecule has 4 N–H and O–H groups in total. The summed E-state index contributed by atoms with van der Waals surface area (Å²) in [7, 11) is 0. The Hall–Kier alpha value is -0.200. The number of nitrogens with zero attached hydrogens (tertiary/aromatic N) is 1. The first-order valence-electron chi connectivity index (χ1n) is 6.34. The van der Waals surface area contributed by atoms with Gasteiger partial charge in [0.25, 0.3) is 0 Å². The van der Waals surface area contributed by atoms with Crippen LogP contribution < -0.4 is 16.4 Å². The van der Waals surface area contributed by atoms with E-state index in [0.29, 0.717) is 0 Å². The number of hydrogen-bond donors (Lipinski definition) is 3. The molecular weight excluding hydrogens is 204 g/mol. The Labute approximate surface area is 96.7 Å². The summed E-state index contributed by atoms with van der Waals surface area (Å²) in [6.07, 6.45) is 4.85. The molecule has 3 unspecified atom stereocenters. The highest BCUT2D eigenvalue weighted by Gasteiger charge is 2.58. The molecule has 0 aliphatic carbocycles. The van der Waals surface area contributed by atoms with E-state index in [0.717, 1.165) is 13.0 Å². The molecule has 3 atom stereocenters. The smallest absolute Gasteiger partial charge is 0.193 e. The minimum atomic E-state index is -0.385. The number of piperidine rings is 1. The third-order valence-corrected chi connectivity index (χ3v) is 3.79. The van der Waals surface area contributed by atoms with Gasteiger partial charge < -0.3 is 10.5 Å². The molecule has 0 radical (unpaired) electrons. The number of rotatable bonds is 2. The summed E-state index contributed by atoms with van der Waals surface area (Å²) in [6, 6.07) is 0. The highest BCUT2D eigenvalue weighted by molar-refractivity contribution is 5.04. The molecule has 0 spiro atoms. The van der Waals surface area contributed by atoms with Crippen molar-refractivity contribution < 1.29 is 4.74 Å². The number of nitrogens with two attached hydrogens (primary N) is 1. The van der Waals surface area contributed by atoms with Gasteiger partial charge >= 0.3 is 0 Å². The highest BCUT2D eigenvalue weighted by Crippen LogP contribution is 2.36. The van der Waals surface area contributed by atoms with Gasteiger partial charge in [-0.1, -0.05) is 6.42 Å². The fourth-order valence-electron chi connectivity index (χ4n) is 3.29. The number of ether oxygens (including phenoxy) is 1. The molecule has 4 heterocycles. The predicted octanol–water partition coefficient (Wildman–Crippen LogP) is -0.260. The molecular formula is C11H22N4O. The Morgan fingerprint density at radius 2 is 2.06 bits per heavy atom. The molecule has 4 aliphatic heterocycles. The number of hydrogen-bond acceptors (Lipinski definition) is 5. The van der Waals surface area contributed by atoms with Crippen LogP contribution in [0.1, 0.15) is 32.6 Å². The van der Waals surface area contributed by atoms with Gasteiger partial charge in [-0.05, 0) is 32.9 Å². The lowest BCUT2D eigenvalue weighted by molar-refractivity contribution is -0.351. The topological polar surface area (TPSA) is 62.5 Å². The third-order valence-electron chi connectivity index (χ3n) is 3.79. The van der Waals surface area contributed by atoms with E-state index in [1.807, 2.05) is 0 Å². The predicted molar refractivity (Wildman–Crippen MR) is 61.4 cm³/mol. The van der Waals surface area contributed by atoms with Crippen molar-refractivity contribution in [1.82, 2.24) is 15.5 Å². The molecule has 5 nitrogen and oxygen atoms in total. The Kier molecular flexibility index (Phi) is 2.49. The van der Waals surface area contributed by atoms with Crippen molar-refractivity contribution in [3.63, 3.8) is 0 Å². The first-order valence-corrected chi connectivity index (χ1v) is 6.34. The second-order valence-electron chi connectivity index (χ2n) is 5.58. The quantitative estimate of drug-likeness (QED) is 0.605. The molecule has 0 amide bonds. The van der Waals surface area contributed by atoms with Gasteiger partial charge in [0.2, 0.25) is 0 Å². The van der Waals surface area contributed by atoms with Crippen LogP contribution in [-0.4, -0.2) is 42.3 Å². The lowest BCUT2D eigenvalue weighted by Gasteiger charge is -2.62. The van der Waals surface area contributed by atoms with Crippen molar-refractivity contribution in [2.75, 3.05) is 19.6 Å². The van der Waals surface area contributed by atoms with Crippen molar-refractivity contribution in [3.8, 4) is 0 Å². The molecule has 4 aliphatic rings. The monoisotopic (exact) mass is 226 g/mol. The summed E-state index contributed by atoms with van der Waals surface area (Å²) >= 11 is 0. The number of nitrogens with one attached hydrogen (secondary N) is 2. The maximum atomic E-state index is 5.98. The lowest BCUT2D eigenvalue weighted by atomic mass is 9.98. The molecule has 4 saturated heterocycles. The molecule has 4 fully saturated rings. The summed E-state index contributed by atoms with van der Waals surface area (Å²) in [6.45, 7) is 5.33. The second-order valence-corrected chi connectivity index (χ2v) is 5.58. The zero-order valence-corrected chi connectivity index (χ0v) is 9.96.